The number of unbranched alkanes of at least 4 members (excludes halogenated alkanes) is 1. The first kappa shape index (κ1) is 15.1. The molecule has 0 bridgehead atoms. The summed E-state index contributed by atoms with van der Waals surface area (Å²) < 4.78 is 27.7. The fourth-order valence-corrected chi connectivity index (χ4v) is 2.57. The van der Waals surface area contributed by atoms with Gasteiger partial charge in [-0.05, 0) is 12.5 Å². The van der Waals surface area contributed by atoms with Crippen LogP contribution in [0.1, 0.15) is 12.8 Å². The number of benzene rings is 1. The third kappa shape index (κ3) is 4.07. The van der Waals surface area contributed by atoms with Gasteiger partial charge in [0.15, 0.2) is 0 Å². The molecule has 0 spiro atoms. The number of nitrogens with two attached hydrogens (primary N) is 1. The highest BCUT2D eigenvalue weighted by atomic mass is 35.5. The molecule has 0 atom stereocenters. The predicted octanol–water partition coefficient (Wildman–Crippen LogP) is 2.43. The number of hydrogen-bond donors (Lipinski definition) is 1. The summed E-state index contributed by atoms with van der Waals surface area (Å²) in [5.41, 5.74) is 0. The number of terminal acetylenes is 1. The summed E-state index contributed by atoms with van der Waals surface area (Å²) in [4.78, 5) is -0.231. The predicted molar refractivity (Wildman–Crippen MR) is 71.4 cm³/mol. The molecule has 0 radical (unpaired) electrons. The Hall–Kier alpha value is -0.930. The molecule has 0 aliphatic rings. The summed E-state index contributed by atoms with van der Waals surface area (Å²) in [6.07, 6.45) is 6.35. The molecule has 98 valence electrons. The van der Waals surface area contributed by atoms with E-state index in [0.29, 0.717) is 25.2 Å². The Bertz CT molecular complexity index is 579. The molecule has 18 heavy (non-hydrogen) atoms. The molecule has 0 aliphatic heterocycles. The van der Waals surface area contributed by atoms with Crippen LogP contribution in [0.4, 0.5) is 0 Å². The van der Waals surface area contributed by atoms with Gasteiger partial charge in [-0.3, -0.25) is 0 Å². The van der Waals surface area contributed by atoms with Gasteiger partial charge in [0.25, 0.3) is 0 Å². The van der Waals surface area contributed by atoms with Crippen molar-refractivity contribution in [3.63, 3.8) is 0 Å². The van der Waals surface area contributed by atoms with Crippen LogP contribution < -0.4 is 9.88 Å². The fourth-order valence-electron chi connectivity index (χ4n) is 1.20. The molecule has 0 fully saturated rings. The lowest BCUT2D eigenvalue weighted by Gasteiger charge is -2.09. The second kappa shape index (κ2) is 6.30. The quantitative estimate of drug-likeness (QED) is 0.671. The summed E-state index contributed by atoms with van der Waals surface area (Å²) in [7, 11) is -3.90. The molecule has 0 aromatic heterocycles. The van der Waals surface area contributed by atoms with Crippen molar-refractivity contribution < 1.29 is 13.2 Å². The van der Waals surface area contributed by atoms with E-state index in [1.807, 2.05) is 0 Å². The van der Waals surface area contributed by atoms with Gasteiger partial charge in [-0.2, -0.15) is 0 Å². The molecular formula is C11H11Cl2NO3S. The van der Waals surface area contributed by atoms with Gasteiger partial charge in [0.2, 0.25) is 10.0 Å². The number of sulfonamides is 1. The number of hydrogen-bond acceptors (Lipinski definition) is 3. The Morgan fingerprint density at radius 1 is 1.33 bits per heavy atom. The molecule has 1 aromatic rings. The number of primary sulfonamides is 1. The molecule has 7 heteroatoms. The van der Waals surface area contributed by atoms with E-state index in [2.05, 4.69) is 5.92 Å². The van der Waals surface area contributed by atoms with Crippen molar-refractivity contribution in [2.45, 2.75) is 17.7 Å². The van der Waals surface area contributed by atoms with E-state index in [9.17, 15) is 8.42 Å². The van der Waals surface area contributed by atoms with Crippen molar-refractivity contribution in [2.75, 3.05) is 6.61 Å². The van der Waals surface area contributed by atoms with Gasteiger partial charge in [-0.1, -0.05) is 23.2 Å². The summed E-state index contributed by atoms with van der Waals surface area (Å²) in [6.45, 7) is 0.370. The van der Waals surface area contributed by atoms with Crippen LogP contribution in [0, 0.1) is 12.3 Å². The number of ether oxygens (including phenoxy) is 1. The lowest BCUT2D eigenvalue weighted by Crippen LogP contribution is -2.13. The average Bonchev–Trinajstić information content (AvgIpc) is 2.27. The van der Waals surface area contributed by atoms with Gasteiger partial charge >= 0.3 is 0 Å². The maximum absolute atomic E-state index is 11.2. The number of halogens is 2. The molecule has 0 amide bonds. The van der Waals surface area contributed by atoms with Gasteiger partial charge in [-0.15, -0.1) is 12.3 Å². The molecule has 0 unspecified atom stereocenters. The fraction of sp³-hybridized carbons (Fsp3) is 0.273. The molecular weight excluding hydrogens is 297 g/mol. The summed E-state index contributed by atoms with van der Waals surface area (Å²) >= 11 is 11.7. The van der Waals surface area contributed by atoms with Gasteiger partial charge in [0.05, 0.1) is 16.7 Å². The zero-order valence-corrected chi connectivity index (χ0v) is 11.6. The molecule has 4 nitrogen and oxygen atoms in total. The van der Waals surface area contributed by atoms with Crippen LogP contribution in [-0.4, -0.2) is 15.0 Å². The van der Waals surface area contributed by atoms with Crippen molar-refractivity contribution in [1.29, 1.82) is 0 Å². The summed E-state index contributed by atoms with van der Waals surface area (Å²) in [5, 5.41) is 5.08. The van der Waals surface area contributed by atoms with E-state index in [4.69, 9.17) is 39.5 Å². The maximum atomic E-state index is 11.2. The average molecular weight is 308 g/mol. The van der Waals surface area contributed by atoms with Gasteiger partial charge in [-0.25, -0.2) is 13.6 Å². The van der Waals surface area contributed by atoms with Crippen molar-refractivity contribution in [1.82, 2.24) is 0 Å². The van der Waals surface area contributed by atoms with E-state index >= 15 is 0 Å². The van der Waals surface area contributed by atoms with E-state index in [-0.39, 0.29) is 14.9 Å². The van der Waals surface area contributed by atoms with Crippen LogP contribution >= 0.6 is 23.2 Å². The molecule has 2 N–H and O–H groups in total. The van der Waals surface area contributed by atoms with Crippen LogP contribution in [0.2, 0.25) is 10.0 Å². The smallest absolute Gasteiger partial charge is 0.239 e. The summed E-state index contributed by atoms with van der Waals surface area (Å²) in [6, 6.07) is 2.48. The monoisotopic (exact) mass is 307 g/mol. The third-order valence-corrected chi connectivity index (χ3v) is 3.69. The highest BCUT2D eigenvalue weighted by molar-refractivity contribution is 7.89. The van der Waals surface area contributed by atoms with Gasteiger partial charge in [0.1, 0.15) is 10.6 Å². The van der Waals surface area contributed by atoms with E-state index in [0.717, 1.165) is 6.07 Å². The van der Waals surface area contributed by atoms with Crippen LogP contribution in [-0.2, 0) is 10.0 Å². The Labute approximate surface area is 116 Å². The van der Waals surface area contributed by atoms with Crippen molar-refractivity contribution in [3.05, 3.63) is 22.2 Å². The summed E-state index contributed by atoms with van der Waals surface area (Å²) in [5.74, 6) is 2.77. The van der Waals surface area contributed by atoms with Crippen molar-refractivity contribution in [2.24, 2.45) is 5.14 Å². The lowest BCUT2D eigenvalue weighted by molar-refractivity contribution is 0.313. The van der Waals surface area contributed by atoms with E-state index in [1.165, 1.54) is 6.07 Å². The van der Waals surface area contributed by atoms with Crippen molar-refractivity contribution in [3.8, 4) is 18.1 Å². The molecule has 0 aliphatic carbocycles. The van der Waals surface area contributed by atoms with E-state index in [1.54, 1.807) is 0 Å². The first-order valence-corrected chi connectivity index (χ1v) is 7.24. The minimum atomic E-state index is -3.90. The molecule has 1 aromatic carbocycles. The largest absolute Gasteiger partial charge is 0.492 e. The Kier molecular flexibility index (Phi) is 5.29. The van der Waals surface area contributed by atoms with Gasteiger partial charge < -0.3 is 4.74 Å². The first-order valence-electron chi connectivity index (χ1n) is 4.94. The first-order chi connectivity index (χ1) is 8.36. The minimum absolute atomic E-state index is 0.0335. The standard InChI is InChI=1S/C11H11Cl2NO3S/c1-2-3-4-5-17-10-6-9(13)11(7-8(10)12)18(14,15)16/h1,6-7H,3-5H2,(H2,14,15,16). The lowest BCUT2D eigenvalue weighted by atomic mass is 10.3. The minimum Gasteiger partial charge on any atom is -0.492 e. The highest BCUT2D eigenvalue weighted by Crippen LogP contribution is 2.33. The Morgan fingerprint density at radius 3 is 2.56 bits per heavy atom. The normalized spacial score (nSPS) is 11.0. The van der Waals surface area contributed by atoms with Gasteiger partial charge in [0, 0.05) is 12.5 Å². The van der Waals surface area contributed by atoms with Crippen molar-refractivity contribution >= 4 is 33.2 Å². The topological polar surface area (TPSA) is 69.4 Å². The SMILES string of the molecule is C#CCCCOc1cc(Cl)c(S(N)(=O)=O)cc1Cl. The third-order valence-electron chi connectivity index (χ3n) is 2.02. The van der Waals surface area contributed by atoms with Crippen LogP contribution in [0.25, 0.3) is 0 Å². The van der Waals surface area contributed by atoms with E-state index < -0.39 is 10.0 Å². The Balaban J connectivity index is 2.91. The molecule has 0 saturated carbocycles. The highest BCUT2D eigenvalue weighted by Gasteiger charge is 2.16. The van der Waals surface area contributed by atoms with Crippen LogP contribution in [0.5, 0.6) is 5.75 Å². The zero-order valence-electron chi connectivity index (χ0n) is 9.32. The second-order valence-electron chi connectivity index (χ2n) is 3.41. The van der Waals surface area contributed by atoms with Crippen LogP contribution in [0.3, 0.4) is 0 Å². The maximum Gasteiger partial charge on any atom is 0.239 e. The van der Waals surface area contributed by atoms with Crippen LogP contribution in [0.15, 0.2) is 17.0 Å². The second-order valence-corrected chi connectivity index (χ2v) is 5.76. The molecule has 1 rings (SSSR count). The number of rotatable bonds is 5. The molecule has 0 heterocycles. The molecule has 0 saturated heterocycles. The zero-order chi connectivity index (χ0) is 13.8. The Morgan fingerprint density at radius 2 is 2.00 bits per heavy atom.